The first-order valence-electron chi connectivity index (χ1n) is 12.1. The SMILES string of the molecule is NC(=O)c1cccc2c1c1c(O)cc(-c3ccc(Cl)cc3)cc1n2Cc1cccc(Oc2ccccc2)c1. The van der Waals surface area contributed by atoms with Crippen molar-refractivity contribution >= 4 is 39.3 Å². The van der Waals surface area contributed by atoms with Crippen LogP contribution in [0.3, 0.4) is 0 Å². The van der Waals surface area contributed by atoms with E-state index in [-0.39, 0.29) is 5.75 Å². The second-order valence-corrected chi connectivity index (χ2v) is 9.55. The summed E-state index contributed by atoms with van der Waals surface area (Å²) in [5.74, 6) is 1.00. The molecule has 1 heterocycles. The van der Waals surface area contributed by atoms with Crippen LogP contribution in [-0.4, -0.2) is 15.6 Å². The Hall–Kier alpha value is -4.74. The quantitative estimate of drug-likeness (QED) is 0.236. The average Bonchev–Trinajstić information content (AvgIpc) is 3.23. The first kappa shape index (κ1) is 23.6. The highest BCUT2D eigenvalue weighted by molar-refractivity contribution is 6.30. The second kappa shape index (κ2) is 9.61. The molecule has 0 saturated heterocycles. The van der Waals surface area contributed by atoms with Crippen molar-refractivity contribution in [1.82, 2.24) is 4.57 Å². The Kier molecular flexibility index (Phi) is 5.98. The first-order valence-corrected chi connectivity index (χ1v) is 12.5. The highest BCUT2D eigenvalue weighted by atomic mass is 35.5. The number of nitrogens with zero attached hydrogens (tertiary/aromatic N) is 1. The molecule has 0 unspecified atom stereocenters. The lowest BCUT2D eigenvalue weighted by atomic mass is 10.0. The summed E-state index contributed by atoms with van der Waals surface area (Å²) in [7, 11) is 0. The molecule has 186 valence electrons. The molecule has 0 radical (unpaired) electrons. The monoisotopic (exact) mass is 518 g/mol. The maximum atomic E-state index is 12.4. The molecule has 0 spiro atoms. The van der Waals surface area contributed by atoms with Crippen molar-refractivity contribution in [2.45, 2.75) is 6.54 Å². The van der Waals surface area contributed by atoms with Gasteiger partial charge in [-0.15, -0.1) is 0 Å². The normalized spacial score (nSPS) is 11.2. The van der Waals surface area contributed by atoms with E-state index in [1.54, 1.807) is 12.1 Å². The Morgan fingerprint density at radius 3 is 2.26 bits per heavy atom. The van der Waals surface area contributed by atoms with Crippen molar-refractivity contribution in [3.63, 3.8) is 0 Å². The van der Waals surface area contributed by atoms with Gasteiger partial charge in [0.15, 0.2) is 0 Å². The number of ether oxygens (including phenoxy) is 1. The number of hydrogen-bond donors (Lipinski definition) is 2. The number of fused-ring (bicyclic) bond motifs is 3. The van der Waals surface area contributed by atoms with E-state index < -0.39 is 5.91 Å². The molecule has 6 rings (SSSR count). The minimum atomic E-state index is -0.547. The number of primary amides is 1. The van der Waals surface area contributed by atoms with Gasteiger partial charge in [-0.2, -0.15) is 0 Å². The number of para-hydroxylation sites is 1. The van der Waals surface area contributed by atoms with Gasteiger partial charge in [0.25, 0.3) is 0 Å². The van der Waals surface area contributed by atoms with E-state index in [1.165, 1.54) is 0 Å². The Balaban J connectivity index is 1.53. The minimum Gasteiger partial charge on any atom is -0.507 e. The summed E-state index contributed by atoms with van der Waals surface area (Å²) in [5.41, 5.74) is 10.4. The van der Waals surface area contributed by atoms with Crippen LogP contribution < -0.4 is 10.5 Å². The first-order chi connectivity index (χ1) is 18.5. The summed E-state index contributed by atoms with van der Waals surface area (Å²) < 4.78 is 8.14. The van der Waals surface area contributed by atoms with Crippen LogP contribution in [0.15, 0.2) is 109 Å². The Morgan fingerprint density at radius 2 is 1.50 bits per heavy atom. The van der Waals surface area contributed by atoms with Gasteiger partial charge in [-0.05, 0) is 77.4 Å². The topological polar surface area (TPSA) is 77.5 Å². The number of hydrogen-bond acceptors (Lipinski definition) is 3. The van der Waals surface area contributed by atoms with Crippen LogP contribution in [0, 0.1) is 0 Å². The Labute approximate surface area is 224 Å². The van der Waals surface area contributed by atoms with E-state index in [9.17, 15) is 9.90 Å². The number of phenols is 1. The standard InChI is InChI=1S/C32H23ClN2O3/c33-23-14-12-21(13-15-23)22-17-28-31(29(36)18-22)30-26(32(34)37)10-5-11-27(30)35(28)19-20-6-4-9-25(16-20)38-24-7-2-1-3-8-24/h1-18,36H,19H2,(H2,34,37). The highest BCUT2D eigenvalue weighted by Gasteiger charge is 2.20. The number of carbonyl (C=O) groups is 1. The minimum absolute atomic E-state index is 0.0751. The molecule has 5 nitrogen and oxygen atoms in total. The summed E-state index contributed by atoms with van der Waals surface area (Å²) in [6, 6.07) is 34.1. The fraction of sp³-hybridized carbons (Fsp3) is 0.0312. The number of aromatic hydroxyl groups is 1. The third kappa shape index (κ3) is 4.33. The van der Waals surface area contributed by atoms with Crippen LogP contribution in [0.1, 0.15) is 15.9 Å². The van der Waals surface area contributed by atoms with Crippen LogP contribution in [0.5, 0.6) is 17.2 Å². The molecule has 0 aliphatic rings. The Morgan fingerprint density at radius 1 is 0.763 bits per heavy atom. The zero-order valence-electron chi connectivity index (χ0n) is 20.3. The van der Waals surface area contributed by atoms with Crippen LogP contribution in [0.2, 0.25) is 5.02 Å². The average molecular weight is 519 g/mol. The van der Waals surface area contributed by atoms with Gasteiger partial charge >= 0.3 is 0 Å². The molecule has 0 aliphatic heterocycles. The van der Waals surface area contributed by atoms with Gasteiger partial charge in [0.1, 0.15) is 17.2 Å². The molecule has 5 aromatic carbocycles. The molecule has 0 bridgehead atoms. The van der Waals surface area contributed by atoms with E-state index >= 15 is 0 Å². The van der Waals surface area contributed by atoms with Gasteiger partial charge in [-0.1, -0.05) is 60.1 Å². The summed E-state index contributed by atoms with van der Waals surface area (Å²) in [5, 5.41) is 13.1. The smallest absolute Gasteiger partial charge is 0.249 e. The summed E-state index contributed by atoms with van der Waals surface area (Å²) in [4.78, 5) is 12.4. The predicted octanol–water partition coefficient (Wildman–Crippen LogP) is 7.76. The van der Waals surface area contributed by atoms with E-state index in [2.05, 4.69) is 4.57 Å². The van der Waals surface area contributed by atoms with E-state index in [1.807, 2.05) is 97.1 Å². The molecule has 0 atom stereocenters. The molecule has 38 heavy (non-hydrogen) atoms. The zero-order valence-corrected chi connectivity index (χ0v) is 21.0. The van der Waals surface area contributed by atoms with Gasteiger partial charge in [-0.3, -0.25) is 4.79 Å². The van der Waals surface area contributed by atoms with E-state index in [4.69, 9.17) is 22.1 Å². The van der Waals surface area contributed by atoms with Gasteiger partial charge in [0.05, 0.1) is 16.4 Å². The molecule has 0 aliphatic carbocycles. The largest absolute Gasteiger partial charge is 0.507 e. The zero-order chi connectivity index (χ0) is 26.2. The molecule has 1 amide bonds. The predicted molar refractivity (Wildman–Crippen MR) is 152 cm³/mol. The van der Waals surface area contributed by atoms with Crippen LogP contribution in [0.25, 0.3) is 32.9 Å². The molecule has 6 aromatic rings. The van der Waals surface area contributed by atoms with Crippen molar-refractivity contribution in [2.75, 3.05) is 0 Å². The Bertz CT molecular complexity index is 1810. The molecular weight excluding hydrogens is 496 g/mol. The fourth-order valence-electron chi connectivity index (χ4n) is 4.94. The second-order valence-electron chi connectivity index (χ2n) is 9.11. The summed E-state index contributed by atoms with van der Waals surface area (Å²) in [6.07, 6.45) is 0. The van der Waals surface area contributed by atoms with Gasteiger partial charge in [0, 0.05) is 22.5 Å². The van der Waals surface area contributed by atoms with Crippen molar-refractivity contribution in [3.05, 3.63) is 125 Å². The lowest BCUT2D eigenvalue weighted by Crippen LogP contribution is -2.11. The molecule has 0 saturated carbocycles. The molecule has 3 N–H and O–H groups in total. The van der Waals surface area contributed by atoms with Crippen LogP contribution >= 0.6 is 11.6 Å². The van der Waals surface area contributed by atoms with Crippen LogP contribution in [-0.2, 0) is 6.54 Å². The maximum Gasteiger partial charge on any atom is 0.249 e. The number of nitrogens with two attached hydrogens (primary N) is 1. The number of halogens is 1. The molecule has 1 aromatic heterocycles. The third-order valence-electron chi connectivity index (χ3n) is 6.63. The summed E-state index contributed by atoms with van der Waals surface area (Å²) >= 11 is 6.10. The molecule has 0 fully saturated rings. The van der Waals surface area contributed by atoms with Crippen molar-refractivity contribution in [2.24, 2.45) is 5.73 Å². The van der Waals surface area contributed by atoms with E-state index in [0.29, 0.717) is 27.9 Å². The van der Waals surface area contributed by atoms with E-state index in [0.717, 1.165) is 39.2 Å². The lowest BCUT2D eigenvalue weighted by molar-refractivity contribution is 0.100. The van der Waals surface area contributed by atoms with Crippen molar-refractivity contribution in [1.29, 1.82) is 0 Å². The van der Waals surface area contributed by atoms with Gasteiger partial charge in [0.2, 0.25) is 5.91 Å². The number of amides is 1. The molecular formula is C32H23ClN2O3. The van der Waals surface area contributed by atoms with Crippen molar-refractivity contribution in [3.8, 4) is 28.4 Å². The summed E-state index contributed by atoms with van der Waals surface area (Å²) in [6.45, 7) is 0.484. The number of phenolic OH excluding ortho intramolecular Hbond substituents is 1. The van der Waals surface area contributed by atoms with Gasteiger partial charge < -0.3 is 20.1 Å². The number of aromatic nitrogens is 1. The van der Waals surface area contributed by atoms with Crippen LogP contribution in [0.4, 0.5) is 0 Å². The number of benzene rings is 5. The highest BCUT2D eigenvalue weighted by Crippen LogP contribution is 2.41. The third-order valence-corrected chi connectivity index (χ3v) is 6.88. The van der Waals surface area contributed by atoms with Crippen molar-refractivity contribution < 1.29 is 14.6 Å². The number of rotatable bonds is 6. The molecule has 6 heteroatoms. The maximum absolute atomic E-state index is 12.4. The number of carbonyl (C=O) groups excluding carboxylic acids is 1. The van der Waals surface area contributed by atoms with Gasteiger partial charge in [-0.25, -0.2) is 0 Å². The lowest BCUT2D eigenvalue weighted by Gasteiger charge is -2.12. The fourth-order valence-corrected chi connectivity index (χ4v) is 5.06.